The number of hydrogen-bond acceptors (Lipinski definition) is 6. The van der Waals surface area contributed by atoms with E-state index in [4.69, 9.17) is 17.4 Å². The van der Waals surface area contributed by atoms with E-state index in [1.165, 1.54) is 11.5 Å². The number of rotatable bonds is 7. The first-order valence-corrected chi connectivity index (χ1v) is 8.32. The molecule has 116 valence electrons. The van der Waals surface area contributed by atoms with Gasteiger partial charge in [-0.05, 0) is 31.3 Å². The minimum atomic E-state index is -0.0517. The number of nitrogens with two attached hydrogens (primary N) is 1. The molecule has 0 saturated heterocycles. The van der Waals surface area contributed by atoms with Crippen LogP contribution in [0.1, 0.15) is 48.8 Å². The van der Waals surface area contributed by atoms with E-state index in [0.717, 1.165) is 46.4 Å². The first kappa shape index (κ1) is 16.4. The summed E-state index contributed by atoms with van der Waals surface area (Å²) in [5.74, 6) is 5.74. The quantitative estimate of drug-likeness (QED) is 0.602. The van der Waals surface area contributed by atoms with Gasteiger partial charge in [-0.25, -0.2) is 0 Å². The standard InChI is InChI=1S/C13H21ClN6S/c1-4-8-12(14)11(20(6-3)18-8)7-10(16-15)13-9(5-2)17-19-21-13/h10,16H,4-7,15H2,1-3H3. The van der Waals surface area contributed by atoms with Crippen molar-refractivity contribution in [1.29, 1.82) is 0 Å². The van der Waals surface area contributed by atoms with Crippen LogP contribution in [0.2, 0.25) is 5.02 Å². The molecule has 2 aromatic heterocycles. The van der Waals surface area contributed by atoms with Gasteiger partial charge in [0.25, 0.3) is 0 Å². The van der Waals surface area contributed by atoms with Crippen LogP contribution in [0.25, 0.3) is 0 Å². The molecule has 0 bridgehead atoms. The Morgan fingerprint density at radius 3 is 2.57 bits per heavy atom. The molecule has 0 saturated carbocycles. The third-order valence-corrected chi connectivity index (χ3v) is 4.85. The van der Waals surface area contributed by atoms with Gasteiger partial charge in [-0.15, -0.1) is 5.10 Å². The van der Waals surface area contributed by atoms with Crippen LogP contribution in [0.4, 0.5) is 0 Å². The molecular weight excluding hydrogens is 308 g/mol. The van der Waals surface area contributed by atoms with Crippen LogP contribution in [-0.2, 0) is 25.8 Å². The lowest BCUT2D eigenvalue weighted by Gasteiger charge is -2.15. The maximum Gasteiger partial charge on any atom is 0.0850 e. The lowest BCUT2D eigenvalue weighted by atomic mass is 10.1. The number of aryl methyl sites for hydroxylation is 3. The molecule has 0 fully saturated rings. The molecule has 2 aromatic rings. The lowest BCUT2D eigenvalue weighted by Crippen LogP contribution is -2.30. The smallest absolute Gasteiger partial charge is 0.0850 e. The summed E-state index contributed by atoms with van der Waals surface area (Å²) in [6.07, 6.45) is 2.33. The number of halogens is 1. The van der Waals surface area contributed by atoms with Crippen LogP contribution in [0.3, 0.4) is 0 Å². The second-order valence-corrected chi connectivity index (χ2v) is 5.90. The van der Waals surface area contributed by atoms with Crippen molar-refractivity contribution >= 4 is 23.1 Å². The highest BCUT2D eigenvalue weighted by Crippen LogP contribution is 2.29. The molecule has 3 N–H and O–H groups in total. The number of nitrogens with zero attached hydrogens (tertiary/aromatic N) is 4. The van der Waals surface area contributed by atoms with Gasteiger partial charge >= 0.3 is 0 Å². The molecule has 0 aromatic carbocycles. The van der Waals surface area contributed by atoms with Crippen LogP contribution in [0.5, 0.6) is 0 Å². The fourth-order valence-electron chi connectivity index (χ4n) is 2.36. The Kier molecular flexibility index (Phi) is 5.69. The topological polar surface area (TPSA) is 81.7 Å². The Labute approximate surface area is 133 Å². The lowest BCUT2D eigenvalue weighted by molar-refractivity contribution is 0.519. The van der Waals surface area contributed by atoms with Crippen molar-refractivity contribution < 1.29 is 0 Å². The third-order valence-electron chi connectivity index (χ3n) is 3.53. The molecule has 0 aliphatic heterocycles. The number of hydrazine groups is 1. The molecule has 0 spiro atoms. The molecule has 0 radical (unpaired) electrons. The SMILES string of the molecule is CCc1nnsc1C(Cc1c(Cl)c(CC)nn1CC)NN. The van der Waals surface area contributed by atoms with E-state index in [-0.39, 0.29) is 6.04 Å². The zero-order valence-corrected chi connectivity index (χ0v) is 14.1. The maximum absolute atomic E-state index is 6.46. The van der Waals surface area contributed by atoms with Crippen LogP contribution in [0, 0.1) is 0 Å². The number of nitrogens with one attached hydrogen (secondary N) is 1. The fourth-order valence-corrected chi connectivity index (χ4v) is 3.50. The predicted molar refractivity (Wildman–Crippen MR) is 85.3 cm³/mol. The Morgan fingerprint density at radius 1 is 1.29 bits per heavy atom. The van der Waals surface area contributed by atoms with Gasteiger partial charge in [-0.3, -0.25) is 16.0 Å². The monoisotopic (exact) mass is 328 g/mol. The van der Waals surface area contributed by atoms with Gasteiger partial charge in [0.05, 0.1) is 33.0 Å². The van der Waals surface area contributed by atoms with Crippen molar-refractivity contribution in [2.75, 3.05) is 0 Å². The second kappa shape index (κ2) is 7.31. The maximum atomic E-state index is 6.46. The molecule has 0 aliphatic carbocycles. The average Bonchev–Trinajstić information content (AvgIpc) is 3.09. The van der Waals surface area contributed by atoms with Crippen molar-refractivity contribution in [3.8, 4) is 0 Å². The minimum Gasteiger partial charge on any atom is -0.271 e. The minimum absolute atomic E-state index is 0.0517. The highest BCUT2D eigenvalue weighted by molar-refractivity contribution is 7.05. The van der Waals surface area contributed by atoms with Gasteiger partial charge in [0.15, 0.2) is 0 Å². The van der Waals surface area contributed by atoms with Gasteiger partial charge in [0.2, 0.25) is 0 Å². The summed E-state index contributed by atoms with van der Waals surface area (Å²) in [4.78, 5) is 1.07. The molecule has 2 rings (SSSR count). The zero-order chi connectivity index (χ0) is 15.4. The van der Waals surface area contributed by atoms with E-state index in [2.05, 4.69) is 40.9 Å². The average molecular weight is 329 g/mol. The Bertz CT molecular complexity index is 593. The Balaban J connectivity index is 2.33. The van der Waals surface area contributed by atoms with Crippen LogP contribution in [0.15, 0.2) is 0 Å². The van der Waals surface area contributed by atoms with E-state index >= 15 is 0 Å². The molecule has 0 aliphatic rings. The summed E-state index contributed by atoms with van der Waals surface area (Å²) in [6.45, 7) is 6.96. The summed E-state index contributed by atoms with van der Waals surface area (Å²) < 4.78 is 5.98. The van der Waals surface area contributed by atoms with E-state index in [9.17, 15) is 0 Å². The van der Waals surface area contributed by atoms with Crippen molar-refractivity contribution in [1.82, 2.24) is 24.8 Å². The third kappa shape index (κ3) is 3.26. The van der Waals surface area contributed by atoms with Gasteiger partial charge in [0, 0.05) is 13.0 Å². The van der Waals surface area contributed by atoms with Gasteiger partial charge in [0.1, 0.15) is 0 Å². The molecule has 0 amide bonds. The molecule has 1 atom stereocenters. The first-order valence-electron chi connectivity index (χ1n) is 7.17. The molecular formula is C13H21ClN6S. The molecule has 2 heterocycles. The van der Waals surface area contributed by atoms with Gasteiger partial charge < -0.3 is 0 Å². The van der Waals surface area contributed by atoms with E-state index < -0.39 is 0 Å². The van der Waals surface area contributed by atoms with E-state index in [1.54, 1.807) is 0 Å². The summed E-state index contributed by atoms with van der Waals surface area (Å²) in [6, 6.07) is -0.0517. The fraction of sp³-hybridized carbons (Fsp3) is 0.615. The normalized spacial score (nSPS) is 12.8. The van der Waals surface area contributed by atoms with E-state index in [0.29, 0.717) is 6.42 Å². The number of aromatic nitrogens is 4. The predicted octanol–water partition coefficient (Wildman–Crippen LogP) is 2.28. The van der Waals surface area contributed by atoms with Crippen LogP contribution < -0.4 is 11.3 Å². The highest BCUT2D eigenvalue weighted by atomic mass is 35.5. The van der Waals surface area contributed by atoms with Gasteiger partial charge in [-0.2, -0.15) is 5.10 Å². The second-order valence-electron chi connectivity index (χ2n) is 4.74. The van der Waals surface area contributed by atoms with Crippen molar-refractivity contribution in [3.05, 3.63) is 27.0 Å². The Morgan fingerprint density at radius 2 is 2.00 bits per heavy atom. The summed E-state index contributed by atoms with van der Waals surface area (Å²) in [7, 11) is 0. The summed E-state index contributed by atoms with van der Waals surface area (Å²) in [5, 5.41) is 9.44. The van der Waals surface area contributed by atoms with E-state index in [1.807, 2.05) is 4.68 Å². The zero-order valence-electron chi connectivity index (χ0n) is 12.6. The molecule has 6 nitrogen and oxygen atoms in total. The molecule has 21 heavy (non-hydrogen) atoms. The first-order chi connectivity index (χ1) is 10.2. The van der Waals surface area contributed by atoms with Crippen molar-refractivity contribution in [2.24, 2.45) is 5.84 Å². The van der Waals surface area contributed by atoms with Crippen LogP contribution >= 0.6 is 23.1 Å². The highest BCUT2D eigenvalue weighted by Gasteiger charge is 2.23. The van der Waals surface area contributed by atoms with Crippen LogP contribution in [-0.4, -0.2) is 19.4 Å². The molecule has 8 heteroatoms. The van der Waals surface area contributed by atoms with Gasteiger partial charge in [-0.1, -0.05) is 29.9 Å². The largest absolute Gasteiger partial charge is 0.271 e. The summed E-state index contributed by atoms with van der Waals surface area (Å²) >= 11 is 7.85. The van der Waals surface area contributed by atoms with Crippen molar-refractivity contribution in [2.45, 2.75) is 52.6 Å². The molecule has 1 unspecified atom stereocenters. The van der Waals surface area contributed by atoms with Crippen molar-refractivity contribution in [3.63, 3.8) is 0 Å². The number of hydrogen-bond donors (Lipinski definition) is 2. The Hall–Kier alpha value is -1.02. The summed E-state index contributed by atoms with van der Waals surface area (Å²) in [5.41, 5.74) is 5.79.